The summed E-state index contributed by atoms with van der Waals surface area (Å²) in [6.45, 7) is 2.84. The highest BCUT2D eigenvalue weighted by molar-refractivity contribution is 6.33. The van der Waals surface area contributed by atoms with Gasteiger partial charge in [-0.1, -0.05) is 22.8 Å². The summed E-state index contributed by atoms with van der Waals surface area (Å²) in [4.78, 5) is 14.9. The van der Waals surface area contributed by atoms with E-state index < -0.39 is 5.82 Å². The van der Waals surface area contributed by atoms with Crippen molar-refractivity contribution >= 4 is 17.5 Å². The van der Waals surface area contributed by atoms with Crippen LogP contribution in [0.15, 0.2) is 35.0 Å². The quantitative estimate of drug-likeness (QED) is 0.730. The second-order valence-corrected chi connectivity index (χ2v) is 7.04. The number of carbonyl (C=O) groups is 1. The monoisotopic (exact) mass is 388 g/mol. The molecule has 0 radical (unpaired) electrons. The van der Waals surface area contributed by atoms with Gasteiger partial charge in [0.1, 0.15) is 22.8 Å². The lowest BCUT2D eigenvalue weighted by atomic mass is 9.93. The lowest BCUT2D eigenvalue weighted by Gasteiger charge is -2.31. The average molecular weight is 389 g/mol. The molecule has 3 aromatic rings. The van der Waals surface area contributed by atoms with Crippen LogP contribution in [0, 0.1) is 12.7 Å². The summed E-state index contributed by atoms with van der Waals surface area (Å²) >= 11 is 6.16. The molecule has 1 N–H and O–H groups in total. The topological polar surface area (TPSA) is 75.0 Å². The molecule has 6 nitrogen and oxygen atoms in total. The van der Waals surface area contributed by atoms with Crippen LogP contribution in [0.1, 0.15) is 40.6 Å². The molecule has 4 rings (SSSR count). The van der Waals surface area contributed by atoms with Gasteiger partial charge in [-0.2, -0.15) is 5.10 Å². The average Bonchev–Trinajstić information content (AvgIpc) is 3.32. The molecule has 0 bridgehead atoms. The van der Waals surface area contributed by atoms with Gasteiger partial charge in [0, 0.05) is 30.9 Å². The predicted molar refractivity (Wildman–Crippen MR) is 98.1 cm³/mol. The summed E-state index contributed by atoms with van der Waals surface area (Å²) in [6.07, 6.45) is 3.39. The van der Waals surface area contributed by atoms with E-state index in [0.717, 1.165) is 18.5 Å². The van der Waals surface area contributed by atoms with Crippen LogP contribution in [0.2, 0.25) is 5.02 Å². The number of benzene rings is 1. The predicted octanol–water partition coefficient (Wildman–Crippen LogP) is 4.19. The number of halogens is 2. The van der Waals surface area contributed by atoms with Crippen molar-refractivity contribution in [3.63, 3.8) is 0 Å². The first-order chi connectivity index (χ1) is 13.1. The number of amides is 1. The summed E-state index contributed by atoms with van der Waals surface area (Å²) in [5, 5.41) is 11.1. The molecule has 0 unspecified atom stereocenters. The first kappa shape index (κ1) is 17.7. The Morgan fingerprint density at radius 1 is 1.33 bits per heavy atom. The Kier molecular flexibility index (Phi) is 4.70. The largest absolute Gasteiger partial charge is 0.360 e. The highest BCUT2D eigenvalue weighted by atomic mass is 35.5. The number of aryl methyl sites for hydroxylation is 1. The van der Waals surface area contributed by atoms with Crippen molar-refractivity contribution in [3.8, 4) is 11.3 Å². The van der Waals surface area contributed by atoms with Crippen LogP contribution < -0.4 is 0 Å². The third-order valence-electron chi connectivity index (χ3n) is 5.02. The van der Waals surface area contributed by atoms with Gasteiger partial charge in [0.05, 0.1) is 10.6 Å². The van der Waals surface area contributed by atoms with Gasteiger partial charge in [-0.3, -0.25) is 9.89 Å². The van der Waals surface area contributed by atoms with Crippen molar-refractivity contribution in [3.05, 3.63) is 58.3 Å². The van der Waals surface area contributed by atoms with Crippen LogP contribution in [0.5, 0.6) is 0 Å². The lowest BCUT2D eigenvalue weighted by Crippen LogP contribution is -2.38. The van der Waals surface area contributed by atoms with Crippen molar-refractivity contribution in [1.82, 2.24) is 20.3 Å². The molecule has 1 saturated heterocycles. The van der Waals surface area contributed by atoms with Crippen molar-refractivity contribution in [1.29, 1.82) is 0 Å². The molecular weight excluding hydrogens is 371 g/mol. The molecule has 1 aliphatic heterocycles. The van der Waals surface area contributed by atoms with Gasteiger partial charge < -0.3 is 9.42 Å². The minimum atomic E-state index is -0.539. The second-order valence-electron chi connectivity index (χ2n) is 6.64. The molecule has 8 heteroatoms. The molecule has 0 atom stereocenters. The van der Waals surface area contributed by atoms with Gasteiger partial charge in [0.15, 0.2) is 0 Å². The standard InChI is InChI=1S/C19H18ClFN4O2/c1-11-16(18(24-27-11)17-13(20)3-2-4-14(17)21)19(26)25-9-6-12(7-10-25)15-5-8-22-23-15/h2-5,8,12H,6-7,9-10H2,1H3,(H,22,23). The van der Waals surface area contributed by atoms with E-state index in [9.17, 15) is 9.18 Å². The number of piperidine rings is 1. The first-order valence-electron chi connectivity index (χ1n) is 8.75. The third kappa shape index (κ3) is 3.23. The smallest absolute Gasteiger partial charge is 0.259 e. The number of nitrogens with zero attached hydrogens (tertiary/aromatic N) is 3. The highest BCUT2D eigenvalue weighted by Crippen LogP contribution is 2.35. The Hall–Kier alpha value is -2.67. The van der Waals surface area contributed by atoms with E-state index in [1.54, 1.807) is 24.1 Å². The number of aromatic nitrogens is 3. The van der Waals surface area contributed by atoms with Crippen molar-refractivity contribution in [2.24, 2.45) is 0 Å². The zero-order chi connectivity index (χ0) is 19.0. The van der Waals surface area contributed by atoms with Crippen molar-refractivity contribution in [2.75, 3.05) is 13.1 Å². The highest BCUT2D eigenvalue weighted by Gasteiger charge is 2.31. The van der Waals surface area contributed by atoms with E-state index in [-0.39, 0.29) is 27.8 Å². The molecule has 140 valence electrons. The van der Waals surface area contributed by atoms with Crippen LogP contribution in [-0.4, -0.2) is 39.3 Å². The van der Waals surface area contributed by atoms with Gasteiger partial charge in [-0.05, 0) is 38.0 Å². The maximum Gasteiger partial charge on any atom is 0.259 e. The van der Waals surface area contributed by atoms with Gasteiger partial charge in [-0.25, -0.2) is 4.39 Å². The summed E-state index contributed by atoms with van der Waals surface area (Å²) < 4.78 is 19.6. The van der Waals surface area contributed by atoms with Crippen LogP contribution in [-0.2, 0) is 0 Å². The van der Waals surface area contributed by atoms with E-state index in [0.29, 0.717) is 24.8 Å². The van der Waals surface area contributed by atoms with Crippen LogP contribution in [0.25, 0.3) is 11.3 Å². The molecule has 3 heterocycles. The Morgan fingerprint density at radius 3 is 2.78 bits per heavy atom. The fourth-order valence-corrected chi connectivity index (χ4v) is 3.82. The molecule has 2 aromatic heterocycles. The van der Waals surface area contributed by atoms with Crippen molar-refractivity contribution < 1.29 is 13.7 Å². The van der Waals surface area contributed by atoms with E-state index in [1.165, 1.54) is 12.1 Å². The third-order valence-corrected chi connectivity index (χ3v) is 5.34. The van der Waals surface area contributed by atoms with Gasteiger partial charge in [0.2, 0.25) is 0 Å². The minimum Gasteiger partial charge on any atom is -0.360 e. The molecule has 0 spiro atoms. The van der Waals surface area contributed by atoms with E-state index in [1.807, 2.05) is 6.07 Å². The van der Waals surface area contributed by atoms with E-state index in [4.69, 9.17) is 16.1 Å². The fraction of sp³-hybridized carbons (Fsp3) is 0.316. The number of hydrogen-bond acceptors (Lipinski definition) is 4. The van der Waals surface area contributed by atoms with Gasteiger partial charge in [-0.15, -0.1) is 0 Å². The Labute approximate surface area is 160 Å². The number of likely N-dealkylation sites (tertiary alicyclic amines) is 1. The number of carbonyl (C=O) groups excluding carboxylic acids is 1. The molecule has 1 aliphatic rings. The Balaban J connectivity index is 1.59. The molecule has 1 fully saturated rings. The number of nitrogens with one attached hydrogen (secondary N) is 1. The fourth-order valence-electron chi connectivity index (χ4n) is 3.56. The normalized spacial score (nSPS) is 15.3. The maximum absolute atomic E-state index is 14.3. The molecule has 1 amide bonds. The molecule has 1 aromatic carbocycles. The molecule has 0 aliphatic carbocycles. The van der Waals surface area contributed by atoms with E-state index in [2.05, 4.69) is 15.4 Å². The Bertz CT molecular complexity index is 942. The van der Waals surface area contributed by atoms with Gasteiger partial charge in [0.25, 0.3) is 5.91 Å². The van der Waals surface area contributed by atoms with Crippen LogP contribution in [0.4, 0.5) is 4.39 Å². The first-order valence-corrected chi connectivity index (χ1v) is 9.13. The summed E-state index contributed by atoms with van der Waals surface area (Å²) in [6, 6.07) is 6.32. The SMILES string of the molecule is Cc1onc(-c2c(F)cccc2Cl)c1C(=O)N1CCC(c2ccn[nH]2)CC1. The van der Waals surface area contributed by atoms with Gasteiger partial charge >= 0.3 is 0 Å². The number of hydrogen-bond donors (Lipinski definition) is 1. The Morgan fingerprint density at radius 2 is 2.11 bits per heavy atom. The molecule has 27 heavy (non-hydrogen) atoms. The zero-order valence-corrected chi connectivity index (χ0v) is 15.5. The van der Waals surface area contributed by atoms with Crippen LogP contribution in [0.3, 0.4) is 0 Å². The van der Waals surface area contributed by atoms with E-state index >= 15 is 0 Å². The lowest BCUT2D eigenvalue weighted by molar-refractivity contribution is 0.0711. The van der Waals surface area contributed by atoms with Crippen molar-refractivity contribution in [2.45, 2.75) is 25.7 Å². The zero-order valence-electron chi connectivity index (χ0n) is 14.7. The molecule has 0 saturated carbocycles. The minimum absolute atomic E-state index is 0.0895. The van der Waals surface area contributed by atoms with Crippen LogP contribution >= 0.6 is 11.6 Å². The number of rotatable bonds is 3. The summed E-state index contributed by atoms with van der Waals surface area (Å²) in [7, 11) is 0. The maximum atomic E-state index is 14.3. The molecular formula is C19H18ClFN4O2. The number of H-pyrrole nitrogens is 1. The number of aromatic amines is 1. The summed E-state index contributed by atoms with van der Waals surface area (Å²) in [5.74, 6) is -0.0560. The second kappa shape index (κ2) is 7.15. The summed E-state index contributed by atoms with van der Waals surface area (Å²) in [5.41, 5.74) is 1.59.